The zero-order valence-electron chi connectivity index (χ0n) is 44.3. The number of aliphatic hydroxyl groups is 2. The topological polar surface area (TPSA) is 360 Å². The molecule has 25 nitrogen and oxygen atoms in total. The number of amides is 8. The molecule has 0 bridgehead atoms. The van der Waals surface area contributed by atoms with Crippen molar-refractivity contribution in [1.82, 2.24) is 41.7 Å². The first kappa shape index (κ1) is 60.4. The minimum atomic E-state index is -1.72. The van der Waals surface area contributed by atoms with Crippen molar-refractivity contribution in [2.75, 3.05) is 45.9 Å². The first-order valence-electron chi connectivity index (χ1n) is 25.3. The maximum atomic E-state index is 14.7. The molecule has 3 fully saturated rings. The summed E-state index contributed by atoms with van der Waals surface area (Å²) in [5.74, 6) is -7.76. The Labute approximate surface area is 457 Å². The summed E-state index contributed by atoms with van der Waals surface area (Å²) in [5, 5.41) is 48.7. The lowest BCUT2D eigenvalue weighted by molar-refractivity contribution is -0.143. The molecule has 1 aromatic heterocycles. The van der Waals surface area contributed by atoms with Crippen LogP contribution in [-0.2, 0) is 44.8 Å². The van der Waals surface area contributed by atoms with E-state index in [2.05, 4.69) is 31.9 Å². The van der Waals surface area contributed by atoms with Gasteiger partial charge in [0.05, 0.1) is 45.9 Å². The largest absolute Gasteiger partial charge is 0.497 e. The van der Waals surface area contributed by atoms with Gasteiger partial charge >= 0.3 is 5.97 Å². The first-order valence-corrected chi connectivity index (χ1v) is 27.8. The lowest BCUT2D eigenvalue weighted by atomic mass is 10.0. The third-order valence-electron chi connectivity index (χ3n) is 13.8. The Hall–Kier alpha value is -6.81. The number of nitrogens with two attached hydrogens (primary N) is 1. The highest BCUT2D eigenvalue weighted by Gasteiger charge is 2.44. The fraction of sp³-hybridized carbons (Fsp3) is 0.549. The van der Waals surface area contributed by atoms with Crippen LogP contribution in [0.25, 0.3) is 11.0 Å². The van der Waals surface area contributed by atoms with Crippen LogP contribution in [0, 0.1) is 12.8 Å². The van der Waals surface area contributed by atoms with Crippen LogP contribution in [0.3, 0.4) is 0 Å². The van der Waals surface area contributed by atoms with Gasteiger partial charge in [-0.2, -0.15) is 0 Å². The van der Waals surface area contributed by atoms with Crippen LogP contribution >= 0.6 is 21.6 Å². The number of rotatable bonds is 14. The van der Waals surface area contributed by atoms with Gasteiger partial charge in [0, 0.05) is 48.4 Å². The Kier molecular flexibility index (Phi) is 21.1. The summed E-state index contributed by atoms with van der Waals surface area (Å²) in [6.45, 7) is 6.16. The van der Waals surface area contributed by atoms with E-state index in [-0.39, 0.29) is 67.4 Å². The first-order chi connectivity index (χ1) is 37.1. The van der Waals surface area contributed by atoms with Crippen molar-refractivity contribution in [3.8, 4) is 17.2 Å². The summed E-state index contributed by atoms with van der Waals surface area (Å²) >= 11 is 0. The van der Waals surface area contributed by atoms with Crippen LogP contribution in [0.2, 0.25) is 0 Å². The van der Waals surface area contributed by atoms with E-state index in [1.807, 2.05) is 0 Å². The van der Waals surface area contributed by atoms with Crippen molar-refractivity contribution in [2.24, 2.45) is 11.7 Å². The maximum Gasteiger partial charge on any atom is 0.305 e. The molecule has 3 aliphatic heterocycles. The van der Waals surface area contributed by atoms with Gasteiger partial charge in [-0.1, -0.05) is 47.6 Å². The van der Waals surface area contributed by atoms with Gasteiger partial charge in [-0.3, -0.25) is 48.5 Å². The smallest absolute Gasteiger partial charge is 0.305 e. The summed E-state index contributed by atoms with van der Waals surface area (Å²) in [4.78, 5) is 127. The third kappa shape index (κ3) is 14.7. The van der Waals surface area contributed by atoms with Gasteiger partial charge in [0.2, 0.25) is 47.1 Å². The van der Waals surface area contributed by atoms with E-state index in [4.69, 9.17) is 24.4 Å². The molecule has 1 unspecified atom stereocenters. The number of furan rings is 1. The summed E-state index contributed by atoms with van der Waals surface area (Å²) in [6, 6.07) is -0.573. The van der Waals surface area contributed by atoms with Gasteiger partial charge < -0.3 is 76.1 Å². The molecule has 11 N–H and O–H groups in total. The Balaban J connectivity index is 1.34. The molecule has 0 aliphatic carbocycles. The van der Waals surface area contributed by atoms with E-state index >= 15 is 0 Å². The Bertz CT molecular complexity index is 2710. The van der Waals surface area contributed by atoms with E-state index in [0.29, 0.717) is 34.4 Å². The van der Waals surface area contributed by atoms with Gasteiger partial charge in [-0.05, 0) is 68.9 Å². The number of likely N-dealkylation sites (tertiary alicyclic amines) is 1. The second kappa shape index (κ2) is 27.2. The standard InChI is InChI=1S/C51H69N9O16S2/c1-24(2)39(51(72)60-22-28(61)20-36(60)43(52)64)58-47(68)34-23-78-77-18-16-31(54-49(70)40-25(3)30-14-15-37(74-6)42(75-7)41(30)76-40)45(66)53-26(4)44(65)56-33(19-27-10-12-29(73-5)13-11-27)50(71)59-17-8-9-35(59)48(69)55-32(21-38(62)63)46(67)57-34/h10-15,24,26,28,31-36,39,48,55,61,69H,8-9,16-23H2,1-7H3,(H2,52,64)(H,53,66)(H,54,70)(H,56,65)(H,57,67)(H,58,68)(H,62,63)/t26-,28+,31+,32-,33-,34-,35-,36-,39-,48?/m0/s1. The fourth-order valence-electron chi connectivity index (χ4n) is 9.56. The van der Waals surface area contributed by atoms with Gasteiger partial charge in [-0.15, -0.1) is 0 Å². The van der Waals surface area contributed by atoms with Crippen molar-refractivity contribution >= 4 is 85.8 Å². The fourth-order valence-corrected chi connectivity index (χ4v) is 11.8. The number of ether oxygens (including phenoxy) is 3. The van der Waals surface area contributed by atoms with Crippen LogP contribution in [-0.4, -0.2) is 185 Å². The molecule has 0 radical (unpaired) electrons. The highest BCUT2D eigenvalue weighted by Crippen LogP contribution is 2.39. The van der Waals surface area contributed by atoms with Gasteiger partial charge in [0.15, 0.2) is 17.1 Å². The number of carbonyl (C=O) groups excluding carboxylic acids is 8. The predicted molar refractivity (Wildman–Crippen MR) is 285 cm³/mol. The van der Waals surface area contributed by atoms with E-state index in [9.17, 15) is 58.5 Å². The summed E-state index contributed by atoms with van der Waals surface area (Å²) in [5.41, 5.74) is 6.81. The van der Waals surface area contributed by atoms with Gasteiger partial charge in [0.25, 0.3) is 5.91 Å². The third-order valence-corrected chi connectivity index (χ3v) is 16.3. The number of benzene rings is 2. The quantitative estimate of drug-likeness (QED) is 0.0926. The SMILES string of the molecule is COc1ccc(C[C@@H]2NC(=O)[C@H](C)NC(=O)[C@H](NC(=O)c3oc4c(OC)c(OC)ccc4c3C)CCSSC[C@@H](C(=O)N[C@H](C(=O)N3C[C@H](O)C[C@H]3C(N)=O)C(C)C)NC(=O)[C@H](CC(=O)O)NC(O)[C@@H]3CCCN3C2=O)cc1. The number of primary amides is 1. The number of carboxylic acids is 1. The van der Waals surface area contributed by atoms with Crippen molar-refractivity contribution in [3.05, 3.63) is 53.3 Å². The van der Waals surface area contributed by atoms with Crippen LogP contribution < -0.4 is 51.8 Å². The normalized spacial score (nSPS) is 25.4. The van der Waals surface area contributed by atoms with Crippen molar-refractivity contribution in [1.29, 1.82) is 0 Å². The minimum absolute atomic E-state index is 0.0640. The van der Waals surface area contributed by atoms with Crippen molar-refractivity contribution in [3.63, 3.8) is 0 Å². The van der Waals surface area contributed by atoms with E-state index in [1.165, 1.54) is 33.2 Å². The molecule has 0 spiro atoms. The van der Waals surface area contributed by atoms with Crippen LogP contribution in [0.1, 0.15) is 74.6 Å². The van der Waals surface area contributed by atoms with Crippen molar-refractivity contribution in [2.45, 2.75) is 127 Å². The number of methoxy groups -OCH3 is 3. The van der Waals surface area contributed by atoms with Gasteiger partial charge in [0.1, 0.15) is 48.2 Å². The number of aliphatic hydroxyl groups excluding tert-OH is 2. The van der Waals surface area contributed by atoms with Crippen LogP contribution in [0.15, 0.2) is 40.8 Å². The highest BCUT2D eigenvalue weighted by atomic mass is 33.1. The molecule has 426 valence electrons. The van der Waals surface area contributed by atoms with E-state index in [0.717, 1.165) is 26.5 Å². The van der Waals surface area contributed by atoms with Crippen LogP contribution in [0.4, 0.5) is 0 Å². The average molecular weight is 1130 g/mol. The number of carbonyl (C=O) groups is 9. The molecule has 0 saturated carbocycles. The van der Waals surface area contributed by atoms with Gasteiger partial charge in [-0.25, -0.2) is 0 Å². The number of hydrogen-bond donors (Lipinski definition) is 10. The number of aliphatic carboxylic acids is 1. The second-order valence-corrected chi connectivity index (χ2v) is 22.2. The zero-order chi connectivity index (χ0) is 57.1. The Morgan fingerprint density at radius 2 is 1.62 bits per heavy atom. The van der Waals surface area contributed by atoms with Crippen molar-refractivity contribution < 1.29 is 77.1 Å². The number of β-amino-alcohol motifs (C(OH)–C–C–N with tert-alkyl or cyclic N) is 1. The molecule has 27 heteroatoms. The Morgan fingerprint density at radius 1 is 0.897 bits per heavy atom. The minimum Gasteiger partial charge on any atom is -0.497 e. The Morgan fingerprint density at radius 3 is 2.26 bits per heavy atom. The van der Waals surface area contributed by atoms with Crippen LogP contribution in [0.5, 0.6) is 17.2 Å². The summed E-state index contributed by atoms with van der Waals surface area (Å²) in [7, 11) is 6.50. The molecule has 3 aliphatic rings. The van der Waals surface area contributed by atoms with E-state index in [1.54, 1.807) is 57.2 Å². The predicted octanol–water partition coefficient (Wildman–Crippen LogP) is -0.302. The van der Waals surface area contributed by atoms with E-state index < -0.39 is 126 Å². The second-order valence-electron chi connectivity index (χ2n) is 19.6. The number of aryl methyl sites for hydroxylation is 1. The number of fused-ring (bicyclic) bond motifs is 2. The summed E-state index contributed by atoms with van der Waals surface area (Å²) in [6.07, 6.45) is -3.38. The number of nitrogens with one attached hydrogen (secondary N) is 6. The molecular weight excluding hydrogens is 1060 g/mol. The highest BCUT2D eigenvalue weighted by molar-refractivity contribution is 8.76. The lowest BCUT2D eigenvalue weighted by Crippen LogP contribution is -2.62. The molecule has 3 saturated heterocycles. The number of carboxylic acid groups (broad SMARTS) is 1. The molecule has 10 atom stereocenters. The maximum absolute atomic E-state index is 14.7. The zero-order valence-corrected chi connectivity index (χ0v) is 46.0. The molecule has 2 aromatic carbocycles. The molecule has 8 amide bonds. The molecular formula is C51H69N9O16S2. The molecule has 6 rings (SSSR count). The lowest BCUT2D eigenvalue weighted by Gasteiger charge is -2.34. The number of nitrogens with zero attached hydrogens (tertiary/aromatic N) is 2. The molecule has 78 heavy (non-hydrogen) atoms. The average Bonchev–Trinajstić information content (AvgIpc) is 4.18. The number of hydrogen-bond acceptors (Lipinski definition) is 18. The summed E-state index contributed by atoms with van der Waals surface area (Å²) < 4.78 is 22.3. The molecule has 3 aromatic rings. The monoisotopic (exact) mass is 1130 g/mol. The molecule has 4 heterocycles.